The molecule has 19 heavy (non-hydrogen) atoms. The summed E-state index contributed by atoms with van der Waals surface area (Å²) in [5, 5.41) is 12.4. The molecule has 1 aromatic carbocycles. The second-order valence-electron chi connectivity index (χ2n) is 4.92. The van der Waals surface area contributed by atoms with Gasteiger partial charge in [0, 0.05) is 12.2 Å². The molecule has 2 aromatic rings. The first-order valence-electron chi connectivity index (χ1n) is 6.03. The van der Waals surface area contributed by atoms with Crippen molar-refractivity contribution >= 4 is 17.3 Å². The largest absolute Gasteiger partial charge is 0.398 e. The van der Waals surface area contributed by atoms with E-state index in [0.29, 0.717) is 29.7 Å². The van der Waals surface area contributed by atoms with E-state index in [9.17, 15) is 0 Å². The summed E-state index contributed by atoms with van der Waals surface area (Å²) in [6.45, 7) is 3.37. The predicted octanol–water partition coefficient (Wildman–Crippen LogP) is 1.71. The van der Waals surface area contributed by atoms with E-state index in [4.69, 9.17) is 22.1 Å². The topological polar surface area (TPSA) is 78.9 Å². The minimum Gasteiger partial charge on any atom is -0.398 e. The monoisotopic (exact) mass is 279 g/mol. The van der Waals surface area contributed by atoms with Gasteiger partial charge < -0.3 is 10.5 Å². The van der Waals surface area contributed by atoms with Crippen molar-refractivity contribution in [3.8, 4) is 11.4 Å². The van der Waals surface area contributed by atoms with Gasteiger partial charge in [-0.3, -0.25) is 0 Å². The summed E-state index contributed by atoms with van der Waals surface area (Å²) >= 11 is 6.24. The molecule has 3 rings (SSSR count). The first-order valence-corrected chi connectivity index (χ1v) is 6.40. The molecule has 6 nitrogen and oxygen atoms in total. The van der Waals surface area contributed by atoms with Crippen molar-refractivity contribution in [2.75, 3.05) is 18.9 Å². The molecular weight excluding hydrogens is 266 g/mol. The Balaban J connectivity index is 2.12. The maximum Gasteiger partial charge on any atom is 0.184 e. The second kappa shape index (κ2) is 4.47. The molecule has 1 fully saturated rings. The minimum absolute atomic E-state index is 0.243. The van der Waals surface area contributed by atoms with Crippen LogP contribution in [0.4, 0.5) is 5.69 Å². The SMILES string of the molecule is CC1(n2nnnc2-c2cccc(N)c2Cl)CCOC1. The zero-order valence-electron chi connectivity index (χ0n) is 10.5. The van der Waals surface area contributed by atoms with Crippen LogP contribution in [0.15, 0.2) is 18.2 Å². The lowest BCUT2D eigenvalue weighted by molar-refractivity contribution is 0.155. The Morgan fingerprint density at radius 2 is 2.32 bits per heavy atom. The lowest BCUT2D eigenvalue weighted by atomic mass is 10.0. The van der Waals surface area contributed by atoms with Crippen LogP contribution >= 0.6 is 11.6 Å². The molecule has 100 valence electrons. The van der Waals surface area contributed by atoms with E-state index in [0.717, 1.165) is 12.0 Å². The van der Waals surface area contributed by atoms with Crippen molar-refractivity contribution in [1.29, 1.82) is 0 Å². The lowest BCUT2D eigenvalue weighted by Crippen LogP contribution is -2.32. The van der Waals surface area contributed by atoms with Crippen molar-refractivity contribution in [1.82, 2.24) is 20.2 Å². The number of ether oxygens (including phenoxy) is 1. The van der Waals surface area contributed by atoms with Gasteiger partial charge in [0.05, 0.1) is 22.9 Å². The molecule has 1 aromatic heterocycles. The first kappa shape index (κ1) is 12.4. The van der Waals surface area contributed by atoms with Crippen LogP contribution < -0.4 is 5.73 Å². The minimum atomic E-state index is -0.243. The van der Waals surface area contributed by atoms with Gasteiger partial charge in [-0.05, 0) is 35.9 Å². The molecule has 0 aliphatic carbocycles. The molecular formula is C12H14ClN5O. The summed E-state index contributed by atoms with van der Waals surface area (Å²) in [6, 6.07) is 5.45. The fourth-order valence-electron chi connectivity index (χ4n) is 2.26. The van der Waals surface area contributed by atoms with Crippen LogP contribution in [0, 0.1) is 0 Å². The highest BCUT2D eigenvalue weighted by Gasteiger charge is 2.35. The van der Waals surface area contributed by atoms with Gasteiger partial charge in [0.25, 0.3) is 0 Å². The van der Waals surface area contributed by atoms with Gasteiger partial charge in [0.15, 0.2) is 5.82 Å². The summed E-state index contributed by atoms with van der Waals surface area (Å²) in [6.07, 6.45) is 0.866. The van der Waals surface area contributed by atoms with E-state index in [1.165, 1.54) is 0 Å². The Hall–Kier alpha value is -1.66. The molecule has 1 saturated heterocycles. The van der Waals surface area contributed by atoms with Gasteiger partial charge in [-0.2, -0.15) is 0 Å². The van der Waals surface area contributed by atoms with E-state index in [2.05, 4.69) is 22.4 Å². The molecule has 1 atom stereocenters. The number of anilines is 1. The summed E-state index contributed by atoms with van der Waals surface area (Å²) in [4.78, 5) is 0. The number of rotatable bonds is 2. The normalized spacial score (nSPS) is 22.8. The van der Waals surface area contributed by atoms with Crippen molar-refractivity contribution in [3.63, 3.8) is 0 Å². The summed E-state index contributed by atoms with van der Waals surface area (Å²) in [7, 11) is 0. The van der Waals surface area contributed by atoms with Gasteiger partial charge >= 0.3 is 0 Å². The molecule has 0 amide bonds. The maximum absolute atomic E-state index is 6.24. The van der Waals surface area contributed by atoms with Gasteiger partial charge in [-0.15, -0.1) is 5.10 Å². The zero-order valence-corrected chi connectivity index (χ0v) is 11.3. The van der Waals surface area contributed by atoms with Crippen LogP contribution in [0.2, 0.25) is 5.02 Å². The van der Waals surface area contributed by atoms with E-state index in [1.54, 1.807) is 10.7 Å². The fourth-order valence-corrected chi connectivity index (χ4v) is 2.48. The van der Waals surface area contributed by atoms with Crippen LogP contribution in [-0.2, 0) is 10.3 Å². The van der Waals surface area contributed by atoms with Gasteiger partial charge in [0.1, 0.15) is 0 Å². The van der Waals surface area contributed by atoms with E-state index >= 15 is 0 Å². The summed E-state index contributed by atoms with van der Waals surface area (Å²) in [5.74, 6) is 0.616. The van der Waals surface area contributed by atoms with Crippen molar-refractivity contribution < 1.29 is 4.74 Å². The van der Waals surface area contributed by atoms with E-state index in [1.807, 2.05) is 12.1 Å². The quantitative estimate of drug-likeness (QED) is 0.847. The average molecular weight is 280 g/mol. The molecule has 0 spiro atoms. The molecule has 0 bridgehead atoms. The Morgan fingerprint density at radius 1 is 1.47 bits per heavy atom. The first-order chi connectivity index (χ1) is 9.12. The summed E-state index contributed by atoms with van der Waals surface area (Å²) in [5.41, 5.74) is 6.84. The molecule has 2 heterocycles. The number of aromatic nitrogens is 4. The van der Waals surface area contributed by atoms with Crippen LogP contribution in [0.5, 0.6) is 0 Å². The second-order valence-corrected chi connectivity index (χ2v) is 5.30. The third-order valence-electron chi connectivity index (χ3n) is 3.45. The number of hydrogen-bond acceptors (Lipinski definition) is 5. The van der Waals surface area contributed by atoms with Gasteiger partial charge in [-0.25, -0.2) is 4.68 Å². The van der Waals surface area contributed by atoms with Crippen LogP contribution in [0.1, 0.15) is 13.3 Å². The zero-order chi connectivity index (χ0) is 13.5. The average Bonchev–Trinajstić information content (AvgIpc) is 3.02. The third-order valence-corrected chi connectivity index (χ3v) is 3.87. The molecule has 0 saturated carbocycles. The van der Waals surface area contributed by atoms with Crippen LogP contribution in [-0.4, -0.2) is 33.4 Å². The Labute approximate surface area is 115 Å². The Morgan fingerprint density at radius 3 is 3.05 bits per heavy atom. The highest BCUT2D eigenvalue weighted by atomic mass is 35.5. The van der Waals surface area contributed by atoms with E-state index < -0.39 is 0 Å². The molecule has 1 aliphatic rings. The number of benzene rings is 1. The molecule has 7 heteroatoms. The number of nitrogens with zero attached hydrogens (tertiary/aromatic N) is 4. The third kappa shape index (κ3) is 1.97. The van der Waals surface area contributed by atoms with Gasteiger partial charge in [-0.1, -0.05) is 17.7 Å². The maximum atomic E-state index is 6.24. The molecule has 0 radical (unpaired) electrons. The smallest absolute Gasteiger partial charge is 0.184 e. The number of nitrogens with two attached hydrogens (primary N) is 1. The summed E-state index contributed by atoms with van der Waals surface area (Å²) < 4.78 is 7.23. The predicted molar refractivity (Wildman–Crippen MR) is 71.8 cm³/mol. The molecule has 1 aliphatic heterocycles. The number of hydrogen-bond donors (Lipinski definition) is 1. The number of halogens is 1. The molecule has 2 N–H and O–H groups in total. The number of nitrogen functional groups attached to an aromatic ring is 1. The van der Waals surface area contributed by atoms with Crippen molar-refractivity contribution in [2.24, 2.45) is 0 Å². The highest BCUT2D eigenvalue weighted by molar-refractivity contribution is 6.35. The van der Waals surface area contributed by atoms with Crippen LogP contribution in [0.25, 0.3) is 11.4 Å². The lowest BCUT2D eigenvalue weighted by Gasteiger charge is -2.23. The van der Waals surface area contributed by atoms with Gasteiger partial charge in [0.2, 0.25) is 0 Å². The number of tetrazole rings is 1. The standard InChI is InChI=1S/C12H14ClN5O/c1-12(5-6-19-7-12)18-11(15-16-17-18)8-3-2-4-9(14)10(8)13/h2-4H,5-7,14H2,1H3. The fraction of sp³-hybridized carbons (Fsp3) is 0.417. The Bertz CT molecular complexity index is 606. The molecule has 1 unspecified atom stereocenters. The van der Waals surface area contributed by atoms with E-state index in [-0.39, 0.29) is 5.54 Å². The van der Waals surface area contributed by atoms with Crippen molar-refractivity contribution in [2.45, 2.75) is 18.9 Å². The highest BCUT2D eigenvalue weighted by Crippen LogP contribution is 2.34. The van der Waals surface area contributed by atoms with Crippen LogP contribution in [0.3, 0.4) is 0 Å². The van der Waals surface area contributed by atoms with Crippen molar-refractivity contribution in [3.05, 3.63) is 23.2 Å². The Kier molecular flexibility index (Phi) is 2.91.